The van der Waals surface area contributed by atoms with Crippen molar-refractivity contribution in [1.29, 1.82) is 0 Å². The second-order valence-electron chi connectivity index (χ2n) is 5.14. The van der Waals surface area contributed by atoms with Gasteiger partial charge in [0.2, 0.25) is 0 Å². The minimum absolute atomic E-state index is 0.505. The highest BCUT2D eigenvalue weighted by Gasteiger charge is 2.44. The molecule has 2 N–H and O–H groups in total. The van der Waals surface area contributed by atoms with Crippen LogP contribution >= 0.6 is 0 Å². The van der Waals surface area contributed by atoms with Crippen molar-refractivity contribution in [1.82, 2.24) is 5.32 Å². The summed E-state index contributed by atoms with van der Waals surface area (Å²) in [4.78, 5) is 0. The van der Waals surface area contributed by atoms with Gasteiger partial charge in [0.05, 0.1) is 6.26 Å². The number of aliphatic hydroxyl groups excluding tert-OH is 1. The van der Waals surface area contributed by atoms with E-state index in [1.165, 1.54) is 25.7 Å². The zero-order valence-corrected chi connectivity index (χ0v) is 9.43. The zero-order chi connectivity index (χ0) is 11.0. The van der Waals surface area contributed by atoms with Gasteiger partial charge in [0, 0.05) is 12.6 Å². The molecule has 2 aliphatic carbocycles. The van der Waals surface area contributed by atoms with E-state index in [1.807, 2.05) is 12.1 Å². The van der Waals surface area contributed by atoms with Crippen molar-refractivity contribution in [3.05, 3.63) is 24.2 Å². The molecule has 0 amide bonds. The van der Waals surface area contributed by atoms with Crippen molar-refractivity contribution in [3.63, 3.8) is 0 Å². The maximum Gasteiger partial charge on any atom is 0.133 e. The molecule has 2 aliphatic rings. The highest BCUT2D eigenvalue weighted by Crippen LogP contribution is 2.49. The predicted molar refractivity (Wildman–Crippen MR) is 60.9 cm³/mol. The van der Waals surface area contributed by atoms with E-state index in [0.29, 0.717) is 18.3 Å². The summed E-state index contributed by atoms with van der Waals surface area (Å²) in [5, 5.41) is 13.4. The minimum atomic E-state index is -0.505. The van der Waals surface area contributed by atoms with Crippen LogP contribution in [0.15, 0.2) is 22.8 Å². The van der Waals surface area contributed by atoms with Crippen molar-refractivity contribution < 1.29 is 9.52 Å². The number of nitrogens with one attached hydrogen (secondary N) is 1. The Morgan fingerprint density at radius 2 is 2.44 bits per heavy atom. The number of furan rings is 1. The van der Waals surface area contributed by atoms with Gasteiger partial charge in [-0.3, -0.25) is 0 Å². The fourth-order valence-corrected chi connectivity index (χ4v) is 3.01. The average molecular weight is 221 g/mol. The third-order valence-electron chi connectivity index (χ3n) is 4.03. The van der Waals surface area contributed by atoms with Crippen LogP contribution in [-0.2, 0) is 0 Å². The summed E-state index contributed by atoms with van der Waals surface area (Å²) >= 11 is 0. The molecule has 0 radical (unpaired) electrons. The van der Waals surface area contributed by atoms with Crippen molar-refractivity contribution in [2.45, 2.75) is 37.8 Å². The molecular formula is C13H19NO2. The standard InChI is InChI=1S/C13H19NO2/c15-12(13-5-2-6-16-13)8-14-11-4-1-3-9-7-10(9)11/h2,5-6,9-12,14-15H,1,3-4,7-8H2/t9-,10+,11?,12?/m0/s1. The Balaban J connectivity index is 1.49. The Hall–Kier alpha value is -0.800. The van der Waals surface area contributed by atoms with Crippen LogP contribution in [0.1, 0.15) is 37.5 Å². The number of aliphatic hydroxyl groups is 1. The van der Waals surface area contributed by atoms with Crippen LogP contribution in [0.5, 0.6) is 0 Å². The summed E-state index contributed by atoms with van der Waals surface area (Å²) in [7, 11) is 0. The molecule has 88 valence electrons. The van der Waals surface area contributed by atoms with Gasteiger partial charge >= 0.3 is 0 Å². The summed E-state index contributed by atoms with van der Waals surface area (Å²) in [5.74, 6) is 2.53. The monoisotopic (exact) mass is 221 g/mol. The van der Waals surface area contributed by atoms with Gasteiger partial charge in [-0.15, -0.1) is 0 Å². The Bertz CT molecular complexity index is 336. The fraction of sp³-hybridized carbons (Fsp3) is 0.692. The van der Waals surface area contributed by atoms with Crippen LogP contribution in [-0.4, -0.2) is 17.7 Å². The first kappa shape index (κ1) is 10.4. The van der Waals surface area contributed by atoms with Crippen LogP contribution in [0.25, 0.3) is 0 Å². The van der Waals surface area contributed by atoms with Gasteiger partial charge in [0.1, 0.15) is 11.9 Å². The summed E-state index contributed by atoms with van der Waals surface area (Å²) in [6.45, 7) is 0.612. The van der Waals surface area contributed by atoms with Crippen LogP contribution < -0.4 is 5.32 Å². The molecule has 2 saturated carbocycles. The average Bonchev–Trinajstić information content (AvgIpc) is 2.89. The molecule has 0 bridgehead atoms. The minimum Gasteiger partial charge on any atom is -0.467 e. The van der Waals surface area contributed by atoms with E-state index < -0.39 is 6.10 Å². The molecule has 3 heteroatoms. The van der Waals surface area contributed by atoms with Gasteiger partial charge in [-0.1, -0.05) is 12.8 Å². The summed E-state index contributed by atoms with van der Waals surface area (Å²) < 4.78 is 5.18. The Labute approximate surface area is 95.8 Å². The molecule has 2 unspecified atom stereocenters. The second kappa shape index (κ2) is 4.22. The lowest BCUT2D eigenvalue weighted by Crippen LogP contribution is -2.36. The quantitative estimate of drug-likeness (QED) is 0.818. The molecule has 0 aliphatic heterocycles. The first-order chi connectivity index (χ1) is 7.84. The molecule has 3 rings (SSSR count). The van der Waals surface area contributed by atoms with Crippen LogP contribution in [0, 0.1) is 11.8 Å². The molecular weight excluding hydrogens is 202 g/mol. The molecule has 0 saturated heterocycles. The summed E-state index contributed by atoms with van der Waals surface area (Å²) in [5.41, 5.74) is 0. The maximum atomic E-state index is 9.88. The third kappa shape index (κ3) is 2.02. The first-order valence-electron chi connectivity index (χ1n) is 6.29. The van der Waals surface area contributed by atoms with E-state index in [2.05, 4.69) is 5.32 Å². The molecule has 1 aromatic heterocycles. The number of fused-ring (bicyclic) bond motifs is 1. The maximum absolute atomic E-state index is 9.88. The van der Waals surface area contributed by atoms with Gasteiger partial charge in [-0.05, 0) is 36.8 Å². The second-order valence-corrected chi connectivity index (χ2v) is 5.14. The summed E-state index contributed by atoms with van der Waals surface area (Å²) in [6.07, 6.45) is 6.53. The van der Waals surface area contributed by atoms with Gasteiger partial charge in [-0.2, -0.15) is 0 Å². The molecule has 16 heavy (non-hydrogen) atoms. The van der Waals surface area contributed by atoms with Crippen LogP contribution in [0.2, 0.25) is 0 Å². The van der Waals surface area contributed by atoms with Crippen molar-refractivity contribution >= 4 is 0 Å². The first-order valence-corrected chi connectivity index (χ1v) is 6.29. The van der Waals surface area contributed by atoms with E-state index in [-0.39, 0.29) is 0 Å². The highest BCUT2D eigenvalue weighted by atomic mass is 16.4. The van der Waals surface area contributed by atoms with E-state index in [4.69, 9.17) is 4.42 Å². The lowest BCUT2D eigenvalue weighted by Gasteiger charge is -2.23. The van der Waals surface area contributed by atoms with Gasteiger partial charge in [0.25, 0.3) is 0 Å². The molecule has 1 aromatic rings. The van der Waals surface area contributed by atoms with Crippen molar-refractivity contribution in [3.8, 4) is 0 Å². The van der Waals surface area contributed by atoms with E-state index >= 15 is 0 Å². The largest absolute Gasteiger partial charge is 0.467 e. The Morgan fingerprint density at radius 3 is 3.25 bits per heavy atom. The molecule has 3 nitrogen and oxygen atoms in total. The van der Waals surface area contributed by atoms with E-state index in [1.54, 1.807) is 6.26 Å². The smallest absolute Gasteiger partial charge is 0.133 e. The topological polar surface area (TPSA) is 45.4 Å². The Morgan fingerprint density at radius 1 is 1.50 bits per heavy atom. The number of hydrogen-bond donors (Lipinski definition) is 2. The summed E-state index contributed by atoms with van der Waals surface area (Å²) in [6, 6.07) is 4.27. The lowest BCUT2D eigenvalue weighted by atomic mass is 9.95. The normalized spacial score (nSPS) is 34.4. The zero-order valence-electron chi connectivity index (χ0n) is 9.43. The van der Waals surface area contributed by atoms with Crippen LogP contribution in [0.3, 0.4) is 0 Å². The molecule has 2 fully saturated rings. The van der Waals surface area contributed by atoms with Gasteiger partial charge in [0.15, 0.2) is 0 Å². The molecule has 4 atom stereocenters. The molecule has 0 spiro atoms. The highest BCUT2D eigenvalue weighted by molar-refractivity contribution is 5.03. The van der Waals surface area contributed by atoms with Crippen molar-refractivity contribution in [2.75, 3.05) is 6.54 Å². The van der Waals surface area contributed by atoms with Gasteiger partial charge < -0.3 is 14.8 Å². The SMILES string of the molecule is OC(CNC1CCC[C@H]2C[C@@H]12)c1ccco1. The van der Waals surface area contributed by atoms with Crippen LogP contribution in [0.4, 0.5) is 0 Å². The van der Waals surface area contributed by atoms with Gasteiger partial charge in [-0.25, -0.2) is 0 Å². The number of rotatable bonds is 4. The third-order valence-corrected chi connectivity index (χ3v) is 4.03. The molecule has 1 heterocycles. The van der Waals surface area contributed by atoms with E-state index in [0.717, 1.165) is 11.8 Å². The predicted octanol–water partition coefficient (Wildman–Crippen LogP) is 2.09. The lowest BCUT2D eigenvalue weighted by molar-refractivity contribution is 0.139. The number of hydrogen-bond acceptors (Lipinski definition) is 3. The Kier molecular flexibility index (Phi) is 2.74. The molecule has 0 aromatic carbocycles. The fourth-order valence-electron chi connectivity index (χ4n) is 3.01. The van der Waals surface area contributed by atoms with E-state index in [9.17, 15) is 5.11 Å². The van der Waals surface area contributed by atoms with Crippen molar-refractivity contribution in [2.24, 2.45) is 11.8 Å².